The van der Waals surface area contributed by atoms with Crippen molar-refractivity contribution in [1.29, 1.82) is 0 Å². The first kappa shape index (κ1) is 17.1. The predicted octanol–water partition coefficient (Wildman–Crippen LogP) is 4.31. The van der Waals surface area contributed by atoms with Gasteiger partial charge in [-0.1, -0.05) is 50.2 Å². The minimum Gasteiger partial charge on any atom is -0.448 e. The second-order valence-corrected chi connectivity index (χ2v) is 8.22. The van der Waals surface area contributed by atoms with E-state index in [1.807, 2.05) is 70.2 Å². The summed E-state index contributed by atoms with van der Waals surface area (Å²) in [4.78, 5) is 28.1. The number of fused-ring (bicyclic) bond motifs is 3. The number of rotatable bonds is 3. The highest BCUT2D eigenvalue weighted by Crippen LogP contribution is 2.66. The van der Waals surface area contributed by atoms with Gasteiger partial charge in [-0.05, 0) is 38.1 Å². The van der Waals surface area contributed by atoms with Gasteiger partial charge >= 0.3 is 5.97 Å². The smallest absolute Gasteiger partial charge is 0.313 e. The fourth-order valence-electron chi connectivity index (χ4n) is 4.81. The van der Waals surface area contributed by atoms with E-state index in [-0.39, 0.29) is 11.9 Å². The molecule has 0 unspecified atom stereocenters. The van der Waals surface area contributed by atoms with Gasteiger partial charge in [-0.2, -0.15) is 0 Å². The number of carbonyl (C=O) groups excluding carboxylic acids is 2. The Morgan fingerprint density at radius 2 is 1.77 bits per heavy atom. The number of esters is 1. The lowest BCUT2D eigenvalue weighted by Crippen LogP contribution is -2.55. The molecule has 1 amide bonds. The Morgan fingerprint density at radius 1 is 1.08 bits per heavy atom. The van der Waals surface area contributed by atoms with Gasteiger partial charge in [0.25, 0.3) is 5.91 Å². The van der Waals surface area contributed by atoms with Gasteiger partial charge in [0.15, 0.2) is 5.60 Å². The van der Waals surface area contributed by atoms with E-state index in [2.05, 4.69) is 0 Å². The van der Waals surface area contributed by atoms with E-state index in [0.717, 1.165) is 16.5 Å². The number of hydrogen-bond acceptors (Lipinski definition) is 3. The average Bonchev–Trinajstić information content (AvgIpc) is 2.93. The third kappa shape index (κ3) is 1.85. The van der Waals surface area contributed by atoms with Crippen LogP contribution in [0.15, 0.2) is 42.5 Å². The van der Waals surface area contributed by atoms with E-state index in [0.29, 0.717) is 19.4 Å². The van der Waals surface area contributed by atoms with Crippen LogP contribution in [0.3, 0.4) is 0 Å². The van der Waals surface area contributed by atoms with Crippen molar-refractivity contribution in [3.8, 4) is 0 Å². The van der Waals surface area contributed by atoms with Crippen LogP contribution in [0.5, 0.6) is 0 Å². The summed E-state index contributed by atoms with van der Waals surface area (Å²) in [7, 11) is 0. The third-order valence-corrected chi connectivity index (χ3v) is 7.05. The third-order valence-electron chi connectivity index (χ3n) is 7.05. The second-order valence-electron chi connectivity index (χ2n) is 8.22. The standard InChI is InChI=1S/C22H25NO3/c1-5-23(17-12-8-10-15-9-6-7-11-16(15)17)18(24)22-14-13-21(4,19(25)26-22)20(22,2)3/h6-12H,5,13-14H2,1-4H3/t21-,22+/m1/s1. The molecule has 0 aromatic heterocycles. The van der Waals surface area contributed by atoms with Crippen LogP contribution in [-0.2, 0) is 14.3 Å². The molecule has 136 valence electrons. The summed E-state index contributed by atoms with van der Waals surface area (Å²) >= 11 is 0. The fraction of sp³-hybridized carbons (Fsp3) is 0.455. The lowest BCUT2D eigenvalue weighted by atomic mass is 9.66. The molecule has 1 aliphatic heterocycles. The molecule has 4 heteroatoms. The number of amides is 1. The minimum atomic E-state index is -1.08. The highest BCUT2D eigenvalue weighted by molar-refractivity contribution is 6.09. The molecular formula is C22H25NO3. The molecule has 2 fully saturated rings. The summed E-state index contributed by atoms with van der Waals surface area (Å²) in [5.74, 6) is -0.341. The van der Waals surface area contributed by atoms with E-state index in [1.54, 1.807) is 4.90 Å². The second kappa shape index (κ2) is 5.32. The molecule has 1 saturated carbocycles. The Hall–Kier alpha value is -2.36. The summed E-state index contributed by atoms with van der Waals surface area (Å²) in [6, 6.07) is 14.0. The molecule has 0 spiro atoms. The number of anilines is 1. The first-order chi connectivity index (χ1) is 12.3. The van der Waals surface area contributed by atoms with Gasteiger partial charge in [-0.3, -0.25) is 9.59 Å². The molecular weight excluding hydrogens is 326 g/mol. The molecule has 2 aliphatic rings. The van der Waals surface area contributed by atoms with Crippen molar-refractivity contribution in [3.63, 3.8) is 0 Å². The molecule has 26 heavy (non-hydrogen) atoms. The molecule has 1 aliphatic carbocycles. The van der Waals surface area contributed by atoms with Crippen LogP contribution in [0.25, 0.3) is 10.8 Å². The maximum Gasteiger partial charge on any atom is 0.313 e. The van der Waals surface area contributed by atoms with E-state index >= 15 is 0 Å². The summed E-state index contributed by atoms with van der Waals surface area (Å²) in [5, 5.41) is 2.12. The zero-order valence-corrected chi connectivity index (χ0v) is 15.8. The lowest BCUT2D eigenvalue weighted by Gasteiger charge is -2.39. The molecule has 1 saturated heterocycles. The van der Waals surface area contributed by atoms with Crippen molar-refractivity contribution in [2.45, 2.75) is 46.1 Å². The molecule has 0 N–H and O–H groups in total. The van der Waals surface area contributed by atoms with Gasteiger partial charge < -0.3 is 9.64 Å². The minimum absolute atomic E-state index is 0.101. The fourth-order valence-corrected chi connectivity index (χ4v) is 4.81. The zero-order chi connectivity index (χ0) is 18.7. The SMILES string of the molecule is CCN(C(=O)[C@]12CC[C@](C)(C(=O)O1)C2(C)C)c1cccc2ccccc12. The highest BCUT2D eigenvalue weighted by Gasteiger charge is 2.76. The number of hydrogen-bond donors (Lipinski definition) is 0. The number of ether oxygens (including phenoxy) is 1. The maximum atomic E-state index is 13.8. The highest BCUT2D eigenvalue weighted by atomic mass is 16.6. The van der Waals surface area contributed by atoms with Crippen molar-refractivity contribution < 1.29 is 14.3 Å². The number of carbonyl (C=O) groups is 2. The van der Waals surface area contributed by atoms with Crippen molar-refractivity contribution in [2.24, 2.45) is 10.8 Å². The molecule has 2 aromatic rings. The largest absolute Gasteiger partial charge is 0.448 e. The van der Waals surface area contributed by atoms with Gasteiger partial charge in [0.2, 0.25) is 0 Å². The maximum absolute atomic E-state index is 13.8. The van der Waals surface area contributed by atoms with Crippen molar-refractivity contribution in [3.05, 3.63) is 42.5 Å². The van der Waals surface area contributed by atoms with Crippen molar-refractivity contribution in [2.75, 3.05) is 11.4 Å². The molecule has 2 atom stereocenters. The Balaban J connectivity index is 1.83. The van der Waals surface area contributed by atoms with Gasteiger partial charge in [0.1, 0.15) is 0 Å². The molecule has 0 radical (unpaired) electrons. The van der Waals surface area contributed by atoms with Crippen LogP contribution in [0.2, 0.25) is 0 Å². The number of nitrogens with zero attached hydrogens (tertiary/aromatic N) is 1. The number of benzene rings is 2. The normalized spacial score (nSPS) is 29.0. The lowest BCUT2D eigenvalue weighted by molar-refractivity contribution is -0.167. The van der Waals surface area contributed by atoms with Gasteiger partial charge in [0.05, 0.1) is 11.1 Å². The summed E-state index contributed by atoms with van der Waals surface area (Å²) in [6.07, 6.45) is 1.28. The van der Waals surface area contributed by atoms with Crippen molar-refractivity contribution >= 4 is 28.3 Å². The van der Waals surface area contributed by atoms with E-state index in [1.165, 1.54) is 0 Å². The predicted molar refractivity (Wildman–Crippen MR) is 102 cm³/mol. The van der Waals surface area contributed by atoms with Crippen LogP contribution >= 0.6 is 0 Å². The Labute approximate surface area is 154 Å². The summed E-state index contributed by atoms with van der Waals surface area (Å²) in [6.45, 7) is 8.43. The molecule has 2 aromatic carbocycles. The van der Waals surface area contributed by atoms with Crippen molar-refractivity contribution in [1.82, 2.24) is 0 Å². The Kier molecular flexibility index (Phi) is 3.49. The molecule has 4 rings (SSSR count). The van der Waals surface area contributed by atoms with Gasteiger partial charge in [-0.15, -0.1) is 0 Å². The van der Waals surface area contributed by atoms with Crippen LogP contribution in [0, 0.1) is 10.8 Å². The zero-order valence-electron chi connectivity index (χ0n) is 15.8. The van der Waals surface area contributed by atoms with Gasteiger partial charge in [-0.25, -0.2) is 0 Å². The first-order valence-corrected chi connectivity index (χ1v) is 9.32. The molecule has 2 bridgehead atoms. The molecule has 4 nitrogen and oxygen atoms in total. The van der Waals surface area contributed by atoms with Crippen LogP contribution in [0.1, 0.15) is 40.5 Å². The quantitative estimate of drug-likeness (QED) is 0.774. The van der Waals surface area contributed by atoms with E-state index < -0.39 is 16.4 Å². The average molecular weight is 351 g/mol. The van der Waals surface area contributed by atoms with E-state index in [4.69, 9.17) is 4.74 Å². The monoisotopic (exact) mass is 351 g/mol. The Morgan fingerprint density at radius 3 is 2.38 bits per heavy atom. The van der Waals surface area contributed by atoms with E-state index in [9.17, 15) is 9.59 Å². The Bertz CT molecular complexity index is 913. The first-order valence-electron chi connectivity index (χ1n) is 9.32. The van der Waals surface area contributed by atoms with Crippen LogP contribution in [-0.4, -0.2) is 24.0 Å². The summed E-state index contributed by atoms with van der Waals surface area (Å²) < 4.78 is 5.81. The van der Waals surface area contributed by atoms with Crippen LogP contribution < -0.4 is 4.90 Å². The molecule has 1 heterocycles. The van der Waals surface area contributed by atoms with Gasteiger partial charge in [0, 0.05) is 17.3 Å². The summed E-state index contributed by atoms with van der Waals surface area (Å²) in [5.41, 5.74) is -1.34. The number of likely N-dealkylation sites (N-methyl/N-ethyl adjacent to an activating group) is 1. The van der Waals surface area contributed by atoms with Crippen LogP contribution in [0.4, 0.5) is 5.69 Å². The topological polar surface area (TPSA) is 46.6 Å².